The molecule has 0 aliphatic rings. The van der Waals surface area contributed by atoms with Gasteiger partial charge in [0, 0.05) is 25.4 Å². The number of ether oxygens (including phenoxy) is 2. The van der Waals surface area contributed by atoms with E-state index in [0.29, 0.717) is 18.0 Å². The van der Waals surface area contributed by atoms with Crippen LogP contribution < -0.4 is 14.8 Å². The molecule has 0 amide bonds. The lowest BCUT2D eigenvalue weighted by Gasteiger charge is -2.22. The number of aliphatic hydroxyl groups excluding tert-OH is 1. The number of benzene rings is 1. The van der Waals surface area contributed by atoms with Crippen molar-refractivity contribution in [2.75, 3.05) is 51.9 Å². The minimum Gasteiger partial charge on any atom is -0.493 e. The topological polar surface area (TPSA) is 54.0 Å². The Morgan fingerprint density at radius 2 is 2.00 bits per heavy atom. The van der Waals surface area contributed by atoms with Gasteiger partial charge in [0.15, 0.2) is 11.5 Å². The maximum absolute atomic E-state index is 10.1. The van der Waals surface area contributed by atoms with Gasteiger partial charge in [-0.25, -0.2) is 0 Å². The van der Waals surface area contributed by atoms with Gasteiger partial charge in [0.05, 0.1) is 7.11 Å². The minimum atomic E-state index is -0.512. The molecular weight excluding hydrogens is 324 g/mol. The van der Waals surface area contributed by atoms with E-state index >= 15 is 0 Å². The lowest BCUT2D eigenvalue weighted by atomic mass is 10.2. The van der Waals surface area contributed by atoms with Crippen LogP contribution in [0.1, 0.15) is 19.4 Å². The van der Waals surface area contributed by atoms with Crippen LogP contribution in [0.5, 0.6) is 11.5 Å². The zero-order chi connectivity index (χ0) is 17.8. The molecule has 0 unspecified atom stereocenters. The summed E-state index contributed by atoms with van der Waals surface area (Å²) >= 11 is 1.83. The lowest BCUT2D eigenvalue weighted by molar-refractivity contribution is 0.0705. The second-order valence-corrected chi connectivity index (χ2v) is 6.59. The fourth-order valence-electron chi connectivity index (χ4n) is 2.37. The highest BCUT2D eigenvalue weighted by Crippen LogP contribution is 2.28. The van der Waals surface area contributed by atoms with Gasteiger partial charge >= 0.3 is 0 Å². The predicted octanol–water partition coefficient (Wildman–Crippen LogP) is 2.23. The maximum Gasteiger partial charge on any atom is 0.161 e. The van der Waals surface area contributed by atoms with E-state index in [0.717, 1.165) is 37.5 Å². The van der Waals surface area contributed by atoms with Crippen molar-refractivity contribution in [2.24, 2.45) is 0 Å². The Balaban J connectivity index is 2.52. The van der Waals surface area contributed by atoms with Crippen LogP contribution in [0.3, 0.4) is 0 Å². The van der Waals surface area contributed by atoms with Gasteiger partial charge in [-0.15, -0.1) is 0 Å². The van der Waals surface area contributed by atoms with Gasteiger partial charge in [0.1, 0.15) is 12.7 Å². The smallest absolute Gasteiger partial charge is 0.161 e. The SMILES string of the molecule is CCN(CC)C[C@H](O)COc1ccc(CNCCSC)cc1OC. The second kappa shape index (κ2) is 12.4. The summed E-state index contributed by atoms with van der Waals surface area (Å²) in [5, 5.41) is 13.5. The molecule has 0 saturated heterocycles. The fourth-order valence-corrected chi connectivity index (χ4v) is 2.72. The molecule has 1 aromatic rings. The van der Waals surface area contributed by atoms with Gasteiger partial charge in [-0.2, -0.15) is 11.8 Å². The maximum atomic E-state index is 10.1. The second-order valence-electron chi connectivity index (χ2n) is 5.61. The summed E-state index contributed by atoms with van der Waals surface area (Å²) in [6.45, 7) is 8.70. The molecule has 1 aromatic carbocycles. The van der Waals surface area contributed by atoms with E-state index in [2.05, 4.69) is 30.3 Å². The van der Waals surface area contributed by atoms with E-state index < -0.39 is 6.10 Å². The summed E-state index contributed by atoms with van der Waals surface area (Å²) in [5.41, 5.74) is 1.16. The standard InChI is InChI=1S/C18H32N2O3S/c1-5-20(6-2)13-16(21)14-23-17-8-7-15(11-18(17)22-3)12-19-9-10-24-4/h7-8,11,16,19,21H,5-6,9-10,12-14H2,1-4H3/t16-/m0/s1. The van der Waals surface area contributed by atoms with Crippen molar-refractivity contribution in [1.29, 1.82) is 0 Å². The molecular formula is C18H32N2O3S. The zero-order valence-electron chi connectivity index (χ0n) is 15.4. The number of methoxy groups -OCH3 is 1. The minimum absolute atomic E-state index is 0.262. The summed E-state index contributed by atoms with van der Waals surface area (Å²) in [7, 11) is 1.64. The van der Waals surface area contributed by atoms with E-state index in [1.165, 1.54) is 0 Å². The number of hydrogen-bond donors (Lipinski definition) is 2. The summed E-state index contributed by atoms with van der Waals surface area (Å²) in [5.74, 6) is 2.47. The third-order valence-electron chi connectivity index (χ3n) is 3.83. The number of rotatable bonds is 13. The molecule has 0 fully saturated rings. The highest BCUT2D eigenvalue weighted by atomic mass is 32.2. The summed E-state index contributed by atoms with van der Waals surface area (Å²) in [6.07, 6.45) is 1.59. The van der Waals surface area contributed by atoms with Crippen LogP contribution in [0.15, 0.2) is 18.2 Å². The van der Waals surface area contributed by atoms with E-state index in [4.69, 9.17) is 9.47 Å². The number of thioether (sulfide) groups is 1. The van der Waals surface area contributed by atoms with Crippen molar-refractivity contribution in [1.82, 2.24) is 10.2 Å². The van der Waals surface area contributed by atoms with Gasteiger partial charge in [0.2, 0.25) is 0 Å². The highest BCUT2D eigenvalue weighted by Gasteiger charge is 2.12. The molecule has 24 heavy (non-hydrogen) atoms. The van der Waals surface area contributed by atoms with E-state index in [1.807, 2.05) is 30.0 Å². The summed E-state index contributed by atoms with van der Waals surface area (Å²) < 4.78 is 11.2. The summed E-state index contributed by atoms with van der Waals surface area (Å²) in [4.78, 5) is 2.18. The molecule has 1 rings (SSSR count). The Bertz CT molecular complexity index is 456. The molecule has 0 bridgehead atoms. The van der Waals surface area contributed by atoms with Gasteiger partial charge < -0.3 is 24.8 Å². The van der Waals surface area contributed by atoms with Gasteiger partial charge in [-0.1, -0.05) is 19.9 Å². The normalized spacial score (nSPS) is 12.4. The molecule has 0 spiro atoms. The Morgan fingerprint density at radius 3 is 2.62 bits per heavy atom. The largest absolute Gasteiger partial charge is 0.493 e. The van der Waals surface area contributed by atoms with Crippen LogP contribution in [-0.4, -0.2) is 68.0 Å². The average molecular weight is 357 g/mol. The quantitative estimate of drug-likeness (QED) is 0.529. The Kier molecular flexibility index (Phi) is 10.9. The van der Waals surface area contributed by atoms with E-state index in [-0.39, 0.29) is 6.61 Å². The monoisotopic (exact) mass is 356 g/mol. The number of nitrogens with zero attached hydrogens (tertiary/aromatic N) is 1. The van der Waals surface area contributed by atoms with Crippen LogP contribution in [0.2, 0.25) is 0 Å². The summed E-state index contributed by atoms with van der Waals surface area (Å²) in [6, 6.07) is 5.92. The van der Waals surface area contributed by atoms with Crippen molar-refractivity contribution >= 4 is 11.8 Å². The molecule has 0 aliphatic carbocycles. The molecule has 138 valence electrons. The molecule has 5 nitrogen and oxygen atoms in total. The number of likely N-dealkylation sites (N-methyl/N-ethyl adjacent to an activating group) is 1. The van der Waals surface area contributed by atoms with Crippen molar-refractivity contribution in [3.8, 4) is 11.5 Å². The number of hydrogen-bond acceptors (Lipinski definition) is 6. The lowest BCUT2D eigenvalue weighted by Crippen LogP contribution is -2.35. The van der Waals surface area contributed by atoms with Crippen molar-refractivity contribution < 1.29 is 14.6 Å². The number of aliphatic hydroxyl groups is 1. The van der Waals surface area contributed by atoms with Gasteiger partial charge in [0.25, 0.3) is 0 Å². The highest BCUT2D eigenvalue weighted by molar-refractivity contribution is 7.98. The van der Waals surface area contributed by atoms with Crippen molar-refractivity contribution in [3.63, 3.8) is 0 Å². The Morgan fingerprint density at radius 1 is 1.25 bits per heavy atom. The van der Waals surface area contributed by atoms with Gasteiger partial charge in [-0.3, -0.25) is 0 Å². The molecule has 0 aliphatic heterocycles. The van der Waals surface area contributed by atoms with Gasteiger partial charge in [-0.05, 0) is 37.0 Å². The van der Waals surface area contributed by atoms with E-state index in [1.54, 1.807) is 7.11 Å². The van der Waals surface area contributed by atoms with Crippen LogP contribution in [0.25, 0.3) is 0 Å². The molecule has 0 aromatic heterocycles. The first-order valence-electron chi connectivity index (χ1n) is 8.54. The zero-order valence-corrected chi connectivity index (χ0v) is 16.2. The first-order chi connectivity index (χ1) is 11.6. The van der Waals surface area contributed by atoms with E-state index in [9.17, 15) is 5.11 Å². The molecule has 2 N–H and O–H groups in total. The van der Waals surface area contributed by atoms with Crippen molar-refractivity contribution in [2.45, 2.75) is 26.5 Å². The van der Waals surface area contributed by atoms with Crippen LogP contribution >= 0.6 is 11.8 Å². The van der Waals surface area contributed by atoms with Crippen molar-refractivity contribution in [3.05, 3.63) is 23.8 Å². The third kappa shape index (κ3) is 7.75. The average Bonchev–Trinajstić information content (AvgIpc) is 2.61. The number of nitrogens with one attached hydrogen (secondary N) is 1. The Hall–Kier alpha value is -0.950. The van der Waals surface area contributed by atoms with Crippen LogP contribution in [-0.2, 0) is 6.54 Å². The van der Waals surface area contributed by atoms with Crippen LogP contribution in [0, 0.1) is 0 Å². The van der Waals surface area contributed by atoms with Crippen LogP contribution in [0.4, 0.5) is 0 Å². The molecule has 1 atom stereocenters. The molecule has 0 heterocycles. The first-order valence-corrected chi connectivity index (χ1v) is 9.93. The molecule has 0 radical (unpaired) electrons. The first kappa shape index (κ1) is 21.1. The third-order valence-corrected chi connectivity index (χ3v) is 4.45. The fraction of sp³-hybridized carbons (Fsp3) is 0.667. The molecule has 0 saturated carbocycles. The Labute approximate surface area is 150 Å². The predicted molar refractivity (Wildman–Crippen MR) is 102 cm³/mol. The molecule has 6 heteroatoms.